The highest BCUT2D eigenvalue weighted by atomic mass is 16.5. The normalized spacial score (nSPS) is 10.7. The summed E-state index contributed by atoms with van der Waals surface area (Å²) in [6.45, 7) is 1.85. The third kappa shape index (κ3) is 3.12. The maximum Gasteiger partial charge on any atom is 0.355 e. The van der Waals surface area contributed by atoms with E-state index in [-0.39, 0.29) is 25.6 Å². The van der Waals surface area contributed by atoms with Gasteiger partial charge in [0.2, 0.25) is 0 Å². The van der Waals surface area contributed by atoms with Gasteiger partial charge in [-0.3, -0.25) is 4.79 Å². The third-order valence-corrected chi connectivity index (χ3v) is 3.48. The van der Waals surface area contributed by atoms with E-state index in [1.54, 1.807) is 19.1 Å². The molecule has 0 saturated carbocycles. The van der Waals surface area contributed by atoms with Crippen LogP contribution in [0.1, 0.15) is 35.0 Å². The number of ether oxygens (including phenoxy) is 2. The molecule has 0 amide bonds. The number of methoxy groups -OCH3 is 1. The van der Waals surface area contributed by atoms with Crippen LogP contribution in [-0.2, 0) is 27.3 Å². The number of rotatable bonds is 6. The van der Waals surface area contributed by atoms with Crippen LogP contribution in [-0.4, -0.2) is 35.7 Å². The van der Waals surface area contributed by atoms with Crippen LogP contribution in [0.15, 0.2) is 18.2 Å². The Labute approximate surface area is 128 Å². The zero-order chi connectivity index (χ0) is 16.1. The third-order valence-electron chi connectivity index (χ3n) is 3.48. The van der Waals surface area contributed by atoms with E-state index in [9.17, 15) is 14.7 Å². The van der Waals surface area contributed by atoms with Gasteiger partial charge in [-0.1, -0.05) is 18.2 Å². The van der Waals surface area contributed by atoms with E-state index >= 15 is 0 Å². The summed E-state index contributed by atoms with van der Waals surface area (Å²) in [5.74, 6) is -0.815. The number of para-hydroxylation sites is 1. The van der Waals surface area contributed by atoms with E-state index in [0.717, 1.165) is 5.39 Å². The van der Waals surface area contributed by atoms with Crippen LogP contribution >= 0.6 is 0 Å². The van der Waals surface area contributed by atoms with Crippen LogP contribution in [0, 0.1) is 0 Å². The maximum absolute atomic E-state index is 12.1. The van der Waals surface area contributed by atoms with Gasteiger partial charge in [-0.15, -0.1) is 0 Å². The molecule has 0 aliphatic heterocycles. The summed E-state index contributed by atoms with van der Waals surface area (Å²) in [7, 11) is 1.33. The molecule has 0 bridgehead atoms. The summed E-state index contributed by atoms with van der Waals surface area (Å²) in [6.07, 6.45) is 0.523. The molecule has 2 N–H and O–H groups in total. The molecule has 1 aromatic carbocycles. The molecule has 1 aromatic heterocycles. The number of aliphatic hydroxyl groups excluding tert-OH is 1. The fraction of sp³-hybridized carbons (Fsp3) is 0.375. The SMILES string of the molecule is CCOC(=O)c1[nH]c2c(CO)cccc2c1CCC(=O)OC. The zero-order valence-electron chi connectivity index (χ0n) is 12.6. The highest BCUT2D eigenvalue weighted by Gasteiger charge is 2.20. The Morgan fingerprint density at radius 2 is 2.09 bits per heavy atom. The minimum Gasteiger partial charge on any atom is -0.469 e. The molecule has 6 nitrogen and oxygen atoms in total. The number of aromatic nitrogens is 1. The summed E-state index contributed by atoms with van der Waals surface area (Å²) in [6, 6.07) is 5.43. The van der Waals surface area contributed by atoms with Crippen LogP contribution < -0.4 is 0 Å². The summed E-state index contributed by atoms with van der Waals surface area (Å²) in [4.78, 5) is 26.5. The van der Waals surface area contributed by atoms with Crippen molar-refractivity contribution in [3.05, 3.63) is 35.0 Å². The fourth-order valence-corrected chi connectivity index (χ4v) is 2.43. The Hall–Kier alpha value is -2.34. The Balaban J connectivity index is 2.50. The van der Waals surface area contributed by atoms with Crippen LogP contribution in [0.2, 0.25) is 0 Å². The second kappa shape index (κ2) is 7.09. The minimum atomic E-state index is -0.470. The topological polar surface area (TPSA) is 88.6 Å². The highest BCUT2D eigenvalue weighted by Crippen LogP contribution is 2.27. The van der Waals surface area contributed by atoms with E-state index in [1.165, 1.54) is 7.11 Å². The number of H-pyrrole nitrogens is 1. The van der Waals surface area contributed by atoms with Crippen LogP contribution in [0.5, 0.6) is 0 Å². The van der Waals surface area contributed by atoms with Gasteiger partial charge in [0.1, 0.15) is 5.69 Å². The molecule has 0 atom stereocenters. The average molecular weight is 305 g/mol. The molecule has 0 spiro atoms. The van der Waals surface area contributed by atoms with Crippen molar-refractivity contribution in [1.29, 1.82) is 0 Å². The van der Waals surface area contributed by atoms with Crippen molar-refractivity contribution in [3.63, 3.8) is 0 Å². The van der Waals surface area contributed by atoms with Gasteiger partial charge >= 0.3 is 11.9 Å². The predicted octanol–water partition coefficient (Wildman–Crippen LogP) is 1.94. The Morgan fingerprint density at radius 1 is 1.32 bits per heavy atom. The molecule has 0 aliphatic rings. The van der Waals surface area contributed by atoms with E-state index < -0.39 is 5.97 Å². The van der Waals surface area contributed by atoms with Gasteiger partial charge in [-0.25, -0.2) is 4.79 Å². The van der Waals surface area contributed by atoms with Crippen molar-refractivity contribution in [3.8, 4) is 0 Å². The number of nitrogens with one attached hydrogen (secondary N) is 1. The molecule has 0 fully saturated rings. The van der Waals surface area contributed by atoms with Crippen molar-refractivity contribution in [2.45, 2.75) is 26.4 Å². The van der Waals surface area contributed by atoms with Gasteiger partial charge in [-0.05, 0) is 18.9 Å². The monoisotopic (exact) mass is 305 g/mol. The molecule has 118 valence electrons. The van der Waals surface area contributed by atoms with Crippen molar-refractivity contribution >= 4 is 22.8 Å². The number of aromatic amines is 1. The molecular weight excluding hydrogens is 286 g/mol. The van der Waals surface area contributed by atoms with Crippen molar-refractivity contribution in [2.24, 2.45) is 0 Å². The Kier molecular flexibility index (Phi) is 5.16. The van der Waals surface area contributed by atoms with E-state index in [0.29, 0.717) is 28.8 Å². The number of esters is 2. The van der Waals surface area contributed by atoms with Gasteiger partial charge in [0.15, 0.2) is 0 Å². The zero-order valence-corrected chi connectivity index (χ0v) is 12.6. The van der Waals surface area contributed by atoms with Gasteiger partial charge in [0.05, 0.1) is 25.8 Å². The van der Waals surface area contributed by atoms with E-state index in [1.807, 2.05) is 6.07 Å². The summed E-state index contributed by atoms with van der Waals surface area (Å²) in [5.41, 5.74) is 2.40. The molecular formula is C16H19NO5. The molecule has 6 heteroatoms. The quantitative estimate of drug-likeness (QED) is 0.796. The van der Waals surface area contributed by atoms with Crippen molar-refractivity contribution in [2.75, 3.05) is 13.7 Å². The van der Waals surface area contributed by atoms with Gasteiger partial charge in [0, 0.05) is 17.4 Å². The molecule has 0 saturated heterocycles. The fourth-order valence-electron chi connectivity index (χ4n) is 2.43. The number of hydrogen-bond donors (Lipinski definition) is 2. The lowest BCUT2D eigenvalue weighted by Crippen LogP contribution is -2.09. The van der Waals surface area contributed by atoms with E-state index in [2.05, 4.69) is 9.72 Å². The number of aliphatic hydroxyl groups is 1. The summed E-state index contributed by atoms with van der Waals surface area (Å²) in [5, 5.41) is 10.2. The number of hydrogen-bond acceptors (Lipinski definition) is 5. The molecule has 1 heterocycles. The summed E-state index contributed by atoms with van der Waals surface area (Å²) < 4.78 is 9.70. The predicted molar refractivity (Wildman–Crippen MR) is 80.5 cm³/mol. The molecule has 0 unspecified atom stereocenters. The molecule has 2 aromatic rings. The van der Waals surface area contributed by atoms with Crippen LogP contribution in [0.4, 0.5) is 0 Å². The minimum absolute atomic E-state index is 0.142. The first kappa shape index (κ1) is 16.0. The van der Waals surface area contributed by atoms with Gasteiger partial charge in [-0.2, -0.15) is 0 Å². The molecule has 0 radical (unpaired) electrons. The lowest BCUT2D eigenvalue weighted by Gasteiger charge is -2.04. The molecule has 0 aliphatic carbocycles. The maximum atomic E-state index is 12.1. The lowest BCUT2D eigenvalue weighted by molar-refractivity contribution is -0.140. The second-order valence-electron chi connectivity index (χ2n) is 4.77. The second-order valence-corrected chi connectivity index (χ2v) is 4.77. The number of carbonyl (C=O) groups is 2. The first-order valence-electron chi connectivity index (χ1n) is 7.09. The lowest BCUT2D eigenvalue weighted by atomic mass is 10.0. The molecule has 2 rings (SSSR count). The van der Waals surface area contributed by atoms with Crippen LogP contribution in [0.25, 0.3) is 10.9 Å². The Morgan fingerprint density at radius 3 is 2.73 bits per heavy atom. The number of carbonyl (C=O) groups excluding carboxylic acids is 2. The molecule has 22 heavy (non-hydrogen) atoms. The first-order valence-corrected chi connectivity index (χ1v) is 7.09. The van der Waals surface area contributed by atoms with Crippen molar-refractivity contribution in [1.82, 2.24) is 4.98 Å². The highest BCUT2D eigenvalue weighted by molar-refractivity contribution is 5.99. The van der Waals surface area contributed by atoms with Crippen LogP contribution in [0.3, 0.4) is 0 Å². The van der Waals surface area contributed by atoms with Gasteiger partial charge in [0.25, 0.3) is 0 Å². The number of fused-ring (bicyclic) bond motifs is 1. The first-order chi connectivity index (χ1) is 10.6. The largest absolute Gasteiger partial charge is 0.469 e. The standard InChI is InChI=1S/C16H19NO5/c1-3-22-16(20)15-12(7-8-13(19)21-2)11-6-4-5-10(9-18)14(11)17-15/h4-6,17-18H,3,7-9H2,1-2H3. The Bertz CT molecular complexity index is 689. The number of benzene rings is 1. The van der Waals surface area contributed by atoms with Crippen molar-refractivity contribution < 1.29 is 24.2 Å². The van der Waals surface area contributed by atoms with Gasteiger partial charge < -0.3 is 19.6 Å². The van der Waals surface area contributed by atoms with E-state index in [4.69, 9.17) is 4.74 Å². The number of aryl methyl sites for hydroxylation is 1. The average Bonchev–Trinajstić information content (AvgIpc) is 2.91. The summed E-state index contributed by atoms with van der Waals surface area (Å²) >= 11 is 0. The smallest absolute Gasteiger partial charge is 0.355 e.